The summed E-state index contributed by atoms with van der Waals surface area (Å²) in [6.45, 7) is 6.11. The molecule has 0 amide bonds. The van der Waals surface area contributed by atoms with Crippen LogP contribution in [0.5, 0.6) is 0 Å². The van der Waals surface area contributed by atoms with Gasteiger partial charge in [0.2, 0.25) is 0 Å². The van der Waals surface area contributed by atoms with Crippen molar-refractivity contribution in [2.75, 3.05) is 30.9 Å². The van der Waals surface area contributed by atoms with Crippen LogP contribution in [0.2, 0.25) is 0 Å². The molecule has 2 N–H and O–H groups in total. The van der Waals surface area contributed by atoms with Gasteiger partial charge in [0.1, 0.15) is 18.2 Å². The normalized spacial score (nSPS) is 20.9. The average molecular weight is 294 g/mol. The molecule has 6 heteroatoms. The fourth-order valence-electron chi connectivity index (χ4n) is 2.26. The highest BCUT2D eigenvalue weighted by atomic mass is 16.5. The SMILES string of the molecule is CCCNc1cc(NC2CC(OC)C2)nc(COCC)n1. The Morgan fingerprint density at radius 3 is 2.67 bits per heavy atom. The van der Waals surface area contributed by atoms with E-state index in [1.165, 1.54) is 0 Å². The lowest BCUT2D eigenvalue weighted by molar-refractivity contribution is 0.0327. The number of aromatic nitrogens is 2. The maximum atomic E-state index is 5.41. The van der Waals surface area contributed by atoms with E-state index in [1.54, 1.807) is 7.11 Å². The van der Waals surface area contributed by atoms with E-state index >= 15 is 0 Å². The van der Waals surface area contributed by atoms with Crippen LogP contribution in [0.1, 0.15) is 38.9 Å². The molecule has 0 spiro atoms. The molecule has 0 radical (unpaired) electrons. The van der Waals surface area contributed by atoms with Crippen molar-refractivity contribution in [2.24, 2.45) is 0 Å². The first kappa shape index (κ1) is 16.0. The molecule has 1 aliphatic rings. The third-order valence-corrected chi connectivity index (χ3v) is 3.54. The van der Waals surface area contributed by atoms with Gasteiger partial charge in [-0.25, -0.2) is 9.97 Å². The van der Waals surface area contributed by atoms with E-state index in [-0.39, 0.29) is 0 Å². The van der Waals surface area contributed by atoms with Crippen LogP contribution in [0.4, 0.5) is 11.6 Å². The summed E-state index contributed by atoms with van der Waals surface area (Å²) >= 11 is 0. The summed E-state index contributed by atoms with van der Waals surface area (Å²) in [6, 6.07) is 2.40. The Labute approximate surface area is 126 Å². The summed E-state index contributed by atoms with van der Waals surface area (Å²) in [5.41, 5.74) is 0. The van der Waals surface area contributed by atoms with Crippen LogP contribution < -0.4 is 10.6 Å². The number of anilines is 2. The van der Waals surface area contributed by atoms with Crippen molar-refractivity contribution in [1.82, 2.24) is 9.97 Å². The molecule has 0 aromatic carbocycles. The van der Waals surface area contributed by atoms with Crippen LogP contribution in [0.15, 0.2) is 6.07 Å². The highest BCUT2D eigenvalue weighted by Gasteiger charge is 2.29. The molecule has 1 aliphatic carbocycles. The van der Waals surface area contributed by atoms with E-state index in [0.717, 1.165) is 37.4 Å². The van der Waals surface area contributed by atoms with Crippen LogP contribution in [0.3, 0.4) is 0 Å². The summed E-state index contributed by atoms with van der Waals surface area (Å²) in [6.07, 6.45) is 3.49. The Hall–Kier alpha value is -1.40. The van der Waals surface area contributed by atoms with Crippen molar-refractivity contribution in [3.05, 3.63) is 11.9 Å². The van der Waals surface area contributed by atoms with E-state index in [2.05, 4.69) is 27.5 Å². The second-order valence-electron chi connectivity index (χ2n) is 5.29. The Morgan fingerprint density at radius 2 is 2.00 bits per heavy atom. The first-order valence-electron chi connectivity index (χ1n) is 7.74. The van der Waals surface area contributed by atoms with E-state index in [1.807, 2.05) is 13.0 Å². The minimum absolute atomic E-state index is 0.380. The third kappa shape index (κ3) is 4.82. The van der Waals surface area contributed by atoms with Crippen molar-refractivity contribution in [1.29, 1.82) is 0 Å². The Morgan fingerprint density at radius 1 is 1.24 bits per heavy atom. The molecule has 1 fully saturated rings. The standard InChI is InChI=1S/C15H26N4O2/c1-4-6-16-13-9-14(17-11-7-12(8-11)20-3)19-15(18-13)10-21-5-2/h9,11-12H,4-8,10H2,1-3H3,(H2,16,17,18,19). The molecule has 0 aliphatic heterocycles. The van der Waals surface area contributed by atoms with Crippen LogP contribution in [-0.2, 0) is 16.1 Å². The van der Waals surface area contributed by atoms with E-state index < -0.39 is 0 Å². The van der Waals surface area contributed by atoms with Gasteiger partial charge in [-0.05, 0) is 26.2 Å². The molecule has 0 unspecified atom stereocenters. The van der Waals surface area contributed by atoms with Crippen LogP contribution in [-0.4, -0.2) is 42.4 Å². The molecular weight excluding hydrogens is 268 g/mol. The topological polar surface area (TPSA) is 68.3 Å². The second-order valence-corrected chi connectivity index (χ2v) is 5.29. The van der Waals surface area contributed by atoms with E-state index in [4.69, 9.17) is 9.47 Å². The van der Waals surface area contributed by atoms with Crippen LogP contribution in [0.25, 0.3) is 0 Å². The summed E-state index contributed by atoms with van der Waals surface area (Å²) in [7, 11) is 1.76. The molecule has 0 atom stereocenters. The van der Waals surface area contributed by atoms with Gasteiger partial charge in [-0.3, -0.25) is 0 Å². The maximum Gasteiger partial charge on any atom is 0.158 e. The fraction of sp³-hybridized carbons (Fsp3) is 0.733. The lowest BCUT2D eigenvalue weighted by Gasteiger charge is -2.35. The van der Waals surface area contributed by atoms with Gasteiger partial charge in [-0.1, -0.05) is 6.92 Å². The molecule has 118 valence electrons. The van der Waals surface area contributed by atoms with Crippen molar-refractivity contribution in [3.63, 3.8) is 0 Å². The Kier molecular flexibility index (Phi) is 6.20. The maximum absolute atomic E-state index is 5.41. The smallest absolute Gasteiger partial charge is 0.158 e. The average Bonchev–Trinajstić information content (AvgIpc) is 2.46. The molecule has 0 bridgehead atoms. The van der Waals surface area contributed by atoms with Gasteiger partial charge < -0.3 is 20.1 Å². The van der Waals surface area contributed by atoms with Gasteiger partial charge in [-0.2, -0.15) is 0 Å². The second kappa shape index (κ2) is 8.14. The fourth-order valence-corrected chi connectivity index (χ4v) is 2.26. The number of nitrogens with zero attached hydrogens (tertiary/aromatic N) is 2. The molecule has 21 heavy (non-hydrogen) atoms. The first-order chi connectivity index (χ1) is 10.2. The first-order valence-corrected chi connectivity index (χ1v) is 7.74. The molecule has 1 saturated carbocycles. The van der Waals surface area contributed by atoms with Gasteiger partial charge >= 0.3 is 0 Å². The monoisotopic (exact) mass is 294 g/mol. The van der Waals surface area contributed by atoms with E-state index in [0.29, 0.717) is 31.2 Å². The lowest BCUT2D eigenvalue weighted by atomic mass is 9.89. The number of hydrogen-bond donors (Lipinski definition) is 2. The summed E-state index contributed by atoms with van der Waals surface area (Å²) in [5.74, 6) is 2.42. The molecule has 1 aromatic rings. The zero-order valence-electron chi connectivity index (χ0n) is 13.2. The summed E-state index contributed by atoms with van der Waals surface area (Å²) < 4.78 is 10.7. The number of ether oxygens (including phenoxy) is 2. The van der Waals surface area contributed by atoms with Gasteiger partial charge in [0.25, 0.3) is 0 Å². The van der Waals surface area contributed by atoms with Crippen molar-refractivity contribution < 1.29 is 9.47 Å². The number of hydrogen-bond acceptors (Lipinski definition) is 6. The molecule has 1 heterocycles. The van der Waals surface area contributed by atoms with Crippen LogP contribution in [0, 0.1) is 0 Å². The molecule has 6 nitrogen and oxygen atoms in total. The predicted octanol–water partition coefficient (Wildman–Crippen LogP) is 2.42. The highest BCUT2D eigenvalue weighted by Crippen LogP contribution is 2.26. The largest absolute Gasteiger partial charge is 0.381 e. The number of methoxy groups -OCH3 is 1. The lowest BCUT2D eigenvalue weighted by Crippen LogP contribution is -2.40. The van der Waals surface area contributed by atoms with E-state index in [9.17, 15) is 0 Å². The third-order valence-electron chi connectivity index (χ3n) is 3.54. The minimum atomic E-state index is 0.380. The van der Waals surface area contributed by atoms with Crippen molar-refractivity contribution in [2.45, 2.75) is 51.9 Å². The molecule has 0 saturated heterocycles. The van der Waals surface area contributed by atoms with Gasteiger partial charge in [0, 0.05) is 32.4 Å². The summed E-state index contributed by atoms with van der Waals surface area (Å²) in [4.78, 5) is 9.00. The van der Waals surface area contributed by atoms with Crippen molar-refractivity contribution >= 4 is 11.6 Å². The summed E-state index contributed by atoms with van der Waals surface area (Å²) in [5, 5.41) is 6.76. The van der Waals surface area contributed by atoms with Crippen LogP contribution >= 0.6 is 0 Å². The Balaban J connectivity index is 2.00. The van der Waals surface area contributed by atoms with Gasteiger partial charge in [0.05, 0.1) is 6.10 Å². The molecule has 1 aromatic heterocycles. The number of nitrogens with one attached hydrogen (secondary N) is 2. The molecule has 2 rings (SSSR count). The highest BCUT2D eigenvalue weighted by molar-refractivity contribution is 5.48. The predicted molar refractivity (Wildman–Crippen MR) is 83.6 cm³/mol. The van der Waals surface area contributed by atoms with Gasteiger partial charge in [0.15, 0.2) is 5.82 Å². The zero-order chi connectivity index (χ0) is 15.1. The van der Waals surface area contributed by atoms with Crippen molar-refractivity contribution in [3.8, 4) is 0 Å². The molecular formula is C15H26N4O2. The zero-order valence-corrected chi connectivity index (χ0v) is 13.2. The Bertz CT molecular complexity index is 409. The minimum Gasteiger partial charge on any atom is -0.381 e. The number of rotatable bonds is 9. The van der Waals surface area contributed by atoms with Gasteiger partial charge in [-0.15, -0.1) is 0 Å². The quantitative estimate of drug-likeness (QED) is 0.729.